The zero-order chi connectivity index (χ0) is 13.1. The Morgan fingerprint density at radius 2 is 2.32 bits per heavy atom. The summed E-state index contributed by atoms with van der Waals surface area (Å²) in [6, 6.07) is 5.93. The monoisotopic (exact) mass is 276 g/mol. The van der Waals surface area contributed by atoms with Gasteiger partial charge in [-0.1, -0.05) is 0 Å². The first-order valence-electron chi connectivity index (χ1n) is 6.33. The quantitative estimate of drug-likeness (QED) is 0.905. The van der Waals surface area contributed by atoms with Gasteiger partial charge in [0.05, 0.1) is 5.69 Å². The predicted molar refractivity (Wildman–Crippen MR) is 75.0 cm³/mol. The van der Waals surface area contributed by atoms with Gasteiger partial charge in [0.15, 0.2) is 6.29 Å². The summed E-state index contributed by atoms with van der Waals surface area (Å²) in [7, 11) is 0. The van der Waals surface area contributed by atoms with E-state index in [1.807, 2.05) is 12.1 Å². The molecule has 2 N–H and O–H groups in total. The molecule has 19 heavy (non-hydrogen) atoms. The third-order valence-corrected chi connectivity index (χ3v) is 4.01. The van der Waals surface area contributed by atoms with Crippen molar-refractivity contribution in [3.05, 3.63) is 46.9 Å². The summed E-state index contributed by atoms with van der Waals surface area (Å²) in [5.74, 6) is 0.337. The van der Waals surface area contributed by atoms with Gasteiger partial charge in [0, 0.05) is 18.8 Å². The topological polar surface area (TPSA) is 54.4 Å². The third-order valence-electron chi connectivity index (χ3n) is 3.31. The Morgan fingerprint density at radius 1 is 1.37 bits per heavy atom. The van der Waals surface area contributed by atoms with Gasteiger partial charge < -0.3 is 15.2 Å². The SMILES string of the molecule is O[C@@H]1C[C@H](c2ccsc2)C[C@@H](Nc2cccnc2)O1. The number of aromatic nitrogens is 1. The number of thiophene rings is 1. The van der Waals surface area contributed by atoms with Crippen LogP contribution in [0.15, 0.2) is 41.4 Å². The van der Waals surface area contributed by atoms with Crippen LogP contribution < -0.4 is 5.32 Å². The summed E-state index contributed by atoms with van der Waals surface area (Å²) in [6.45, 7) is 0. The van der Waals surface area contributed by atoms with Crippen LogP contribution in [0.1, 0.15) is 24.3 Å². The van der Waals surface area contributed by atoms with Gasteiger partial charge in [-0.2, -0.15) is 11.3 Å². The van der Waals surface area contributed by atoms with Crippen LogP contribution >= 0.6 is 11.3 Å². The number of rotatable bonds is 3. The number of nitrogens with one attached hydrogen (secondary N) is 1. The maximum Gasteiger partial charge on any atom is 0.157 e. The Labute approximate surface area is 116 Å². The molecule has 2 aromatic heterocycles. The van der Waals surface area contributed by atoms with Crippen molar-refractivity contribution in [3.8, 4) is 0 Å². The van der Waals surface area contributed by atoms with Crippen molar-refractivity contribution in [2.75, 3.05) is 5.32 Å². The zero-order valence-corrected chi connectivity index (χ0v) is 11.2. The second-order valence-electron chi connectivity index (χ2n) is 4.69. The van der Waals surface area contributed by atoms with Crippen molar-refractivity contribution in [2.24, 2.45) is 0 Å². The van der Waals surface area contributed by atoms with Gasteiger partial charge in [-0.15, -0.1) is 0 Å². The van der Waals surface area contributed by atoms with E-state index in [2.05, 4.69) is 27.1 Å². The van der Waals surface area contributed by atoms with Crippen molar-refractivity contribution in [3.63, 3.8) is 0 Å². The molecule has 1 saturated heterocycles. The Hall–Kier alpha value is -1.43. The molecule has 1 aliphatic rings. The number of ether oxygens (including phenoxy) is 1. The van der Waals surface area contributed by atoms with Gasteiger partial charge in [-0.25, -0.2) is 0 Å². The molecule has 3 rings (SSSR count). The molecule has 0 radical (unpaired) electrons. The summed E-state index contributed by atoms with van der Waals surface area (Å²) in [5.41, 5.74) is 2.19. The molecule has 0 spiro atoms. The maximum absolute atomic E-state index is 9.85. The minimum absolute atomic E-state index is 0.183. The molecular weight excluding hydrogens is 260 g/mol. The normalized spacial score (nSPS) is 27.1. The molecule has 3 heterocycles. The molecular formula is C14H16N2O2S. The number of hydrogen-bond acceptors (Lipinski definition) is 5. The second-order valence-corrected chi connectivity index (χ2v) is 5.47. The van der Waals surface area contributed by atoms with Crippen molar-refractivity contribution in [1.82, 2.24) is 4.98 Å². The summed E-state index contributed by atoms with van der Waals surface area (Å²) in [5, 5.41) is 17.3. The van der Waals surface area contributed by atoms with Crippen LogP contribution in [-0.4, -0.2) is 22.6 Å². The summed E-state index contributed by atoms with van der Waals surface area (Å²) < 4.78 is 5.54. The van der Waals surface area contributed by atoms with Crippen LogP contribution in [0.25, 0.3) is 0 Å². The standard InChI is InChI=1S/C14H16N2O2S/c17-14-7-11(10-3-5-19-9-10)6-13(18-14)16-12-2-1-4-15-8-12/h1-5,8-9,11,13-14,16-17H,6-7H2/t11-,13+,14+/m1/s1. The average Bonchev–Trinajstić information content (AvgIpc) is 2.93. The fraction of sp³-hybridized carbons (Fsp3) is 0.357. The van der Waals surface area contributed by atoms with Crippen LogP contribution in [0.4, 0.5) is 5.69 Å². The highest BCUT2D eigenvalue weighted by Gasteiger charge is 2.29. The lowest BCUT2D eigenvalue weighted by atomic mass is 9.92. The highest BCUT2D eigenvalue weighted by atomic mass is 32.1. The van der Waals surface area contributed by atoms with Crippen molar-refractivity contribution in [1.29, 1.82) is 0 Å². The van der Waals surface area contributed by atoms with E-state index in [-0.39, 0.29) is 6.23 Å². The molecule has 3 atom stereocenters. The molecule has 0 amide bonds. The number of pyridine rings is 1. The van der Waals surface area contributed by atoms with Crippen molar-refractivity contribution in [2.45, 2.75) is 31.3 Å². The predicted octanol–water partition coefficient (Wildman–Crippen LogP) is 2.79. The molecule has 4 nitrogen and oxygen atoms in total. The Morgan fingerprint density at radius 3 is 3.05 bits per heavy atom. The second kappa shape index (κ2) is 5.69. The van der Waals surface area contributed by atoms with E-state index in [1.54, 1.807) is 23.7 Å². The summed E-state index contributed by atoms with van der Waals surface area (Å²) >= 11 is 1.69. The lowest BCUT2D eigenvalue weighted by Gasteiger charge is -2.33. The van der Waals surface area contributed by atoms with Crippen LogP contribution in [0, 0.1) is 0 Å². The van der Waals surface area contributed by atoms with E-state index < -0.39 is 6.29 Å². The highest BCUT2D eigenvalue weighted by molar-refractivity contribution is 7.07. The van der Waals surface area contributed by atoms with Gasteiger partial charge in [0.2, 0.25) is 0 Å². The van der Waals surface area contributed by atoms with Crippen LogP contribution in [0.2, 0.25) is 0 Å². The minimum Gasteiger partial charge on any atom is -0.368 e. The lowest BCUT2D eigenvalue weighted by Crippen LogP contribution is -2.36. The first-order valence-corrected chi connectivity index (χ1v) is 7.28. The molecule has 0 aromatic carbocycles. The molecule has 0 bridgehead atoms. The van der Waals surface area contributed by atoms with Crippen LogP contribution in [0.3, 0.4) is 0 Å². The number of anilines is 1. The van der Waals surface area contributed by atoms with Crippen molar-refractivity contribution >= 4 is 17.0 Å². The fourth-order valence-corrected chi connectivity index (χ4v) is 3.15. The third kappa shape index (κ3) is 3.12. The molecule has 1 fully saturated rings. The first-order chi connectivity index (χ1) is 9.31. The maximum atomic E-state index is 9.85. The number of aliphatic hydroxyl groups is 1. The highest BCUT2D eigenvalue weighted by Crippen LogP contribution is 2.33. The molecule has 100 valence electrons. The Kier molecular flexibility index (Phi) is 3.77. The van der Waals surface area contributed by atoms with E-state index in [0.717, 1.165) is 12.1 Å². The van der Waals surface area contributed by atoms with E-state index in [0.29, 0.717) is 12.3 Å². The zero-order valence-electron chi connectivity index (χ0n) is 10.4. The lowest BCUT2D eigenvalue weighted by molar-refractivity contribution is -0.159. The van der Waals surface area contributed by atoms with E-state index in [9.17, 15) is 5.11 Å². The molecule has 1 aliphatic heterocycles. The average molecular weight is 276 g/mol. The number of nitrogens with zero attached hydrogens (tertiary/aromatic N) is 1. The van der Waals surface area contributed by atoms with Gasteiger partial charge in [0.1, 0.15) is 6.23 Å². The van der Waals surface area contributed by atoms with Crippen LogP contribution in [0.5, 0.6) is 0 Å². The van der Waals surface area contributed by atoms with Crippen molar-refractivity contribution < 1.29 is 9.84 Å². The molecule has 0 unspecified atom stereocenters. The molecule has 0 aliphatic carbocycles. The summed E-state index contributed by atoms with van der Waals surface area (Å²) in [6.07, 6.45) is 4.09. The first kappa shape index (κ1) is 12.6. The minimum atomic E-state index is -0.715. The van der Waals surface area contributed by atoms with E-state index in [1.165, 1.54) is 5.56 Å². The fourth-order valence-electron chi connectivity index (χ4n) is 2.41. The van der Waals surface area contributed by atoms with Crippen LogP contribution in [-0.2, 0) is 4.74 Å². The van der Waals surface area contributed by atoms with Gasteiger partial charge in [0.25, 0.3) is 0 Å². The molecule has 5 heteroatoms. The molecule has 0 saturated carbocycles. The Balaban J connectivity index is 1.69. The number of hydrogen-bond donors (Lipinski definition) is 2. The van der Waals surface area contributed by atoms with Gasteiger partial charge >= 0.3 is 0 Å². The Bertz CT molecular complexity index is 503. The smallest absolute Gasteiger partial charge is 0.157 e. The number of aliphatic hydroxyl groups excluding tert-OH is 1. The molecule has 2 aromatic rings. The van der Waals surface area contributed by atoms with E-state index in [4.69, 9.17) is 4.74 Å². The summed E-state index contributed by atoms with van der Waals surface area (Å²) in [4.78, 5) is 4.06. The van der Waals surface area contributed by atoms with Gasteiger partial charge in [-0.05, 0) is 46.9 Å². The van der Waals surface area contributed by atoms with E-state index >= 15 is 0 Å². The van der Waals surface area contributed by atoms with Gasteiger partial charge in [-0.3, -0.25) is 4.98 Å². The largest absolute Gasteiger partial charge is 0.368 e.